The maximum absolute atomic E-state index is 12.1. The summed E-state index contributed by atoms with van der Waals surface area (Å²) in [5.74, 6) is -0.517. The molecule has 0 bridgehead atoms. The lowest BCUT2D eigenvalue weighted by Crippen LogP contribution is -2.57. The highest BCUT2D eigenvalue weighted by Gasteiger charge is 2.39. The van der Waals surface area contributed by atoms with Crippen molar-refractivity contribution >= 4 is 28.7 Å². The third-order valence-corrected chi connectivity index (χ3v) is 5.63. The van der Waals surface area contributed by atoms with Gasteiger partial charge in [0, 0.05) is 37.3 Å². The first-order valence-corrected chi connectivity index (χ1v) is 7.55. The van der Waals surface area contributed by atoms with Crippen LogP contribution in [0.2, 0.25) is 0 Å². The second kappa shape index (κ2) is 4.75. The van der Waals surface area contributed by atoms with Crippen LogP contribution in [0.5, 0.6) is 0 Å². The van der Waals surface area contributed by atoms with Crippen LogP contribution in [0.4, 0.5) is 0 Å². The van der Waals surface area contributed by atoms with Crippen molar-refractivity contribution in [2.24, 2.45) is 11.7 Å². The summed E-state index contributed by atoms with van der Waals surface area (Å²) >= 11 is 4.20. The van der Waals surface area contributed by atoms with Crippen molar-refractivity contribution in [3.05, 3.63) is 0 Å². The Balaban J connectivity index is 1.94. The van der Waals surface area contributed by atoms with Gasteiger partial charge in [0.25, 0.3) is 10.2 Å². The first kappa shape index (κ1) is 13.1. The minimum atomic E-state index is -3.34. The largest absolute Gasteiger partial charge is 0.369 e. The standard InChI is InChI=1S/C9H17N3O3S2/c10-9(13)7-1-3-11(4-2-7)17(14,15)12-5-8(16)6-12/h7-8,16H,1-6H2,(H2,10,13). The molecule has 2 aliphatic rings. The Bertz CT molecular complexity index is 398. The molecule has 2 N–H and O–H groups in total. The molecule has 8 heteroatoms. The van der Waals surface area contributed by atoms with Crippen LogP contribution in [0.1, 0.15) is 12.8 Å². The van der Waals surface area contributed by atoms with Gasteiger partial charge >= 0.3 is 0 Å². The van der Waals surface area contributed by atoms with Crippen LogP contribution < -0.4 is 5.73 Å². The quantitative estimate of drug-likeness (QED) is 0.653. The summed E-state index contributed by atoms with van der Waals surface area (Å²) in [6, 6.07) is 0. The fourth-order valence-corrected chi connectivity index (χ4v) is 4.49. The zero-order valence-corrected chi connectivity index (χ0v) is 11.2. The summed E-state index contributed by atoms with van der Waals surface area (Å²) in [5.41, 5.74) is 5.21. The highest BCUT2D eigenvalue weighted by Crippen LogP contribution is 2.25. The number of carbonyl (C=O) groups is 1. The number of carbonyl (C=O) groups excluding carboxylic acids is 1. The minimum absolute atomic E-state index is 0.146. The maximum atomic E-state index is 12.1. The number of amides is 1. The number of hydrogen-bond acceptors (Lipinski definition) is 4. The van der Waals surface area contributed by atoms with Gasteiger partial charge in [0.1, 0.15) is 0 Å². The van der Waals surface area contributed by atoms with Crippen LogP contribution >= 0.6 is 12.6 Å². The monoisotopic (exact) mass is 279 g/mol. The van der Waals surface area contributed by atoms with Crippen molar-refractivity contribution in [2.45, 2.75) is 18.1 Å². The summed E-state index contributed by atoms with van der Waals surface area (Å²) in [6.07, 6.45) is 1.04. The Morgan fingerprint density at radius 2 is 1.71 bits per heavy atom. The number of hydrogen-bond donors (Lipinski definition) is 2. The summed E-state index contributed by atoms with van der Waals surface area (Å²) in [5, 5.41) is 0.146. The molecule has 0 atom stereocenters. The highest BCUT2D eigenvalue weighted by atomic mass is 32.2. The third-order valence-electron chi connectivity index (χ3n) is 3.34. The Morgan fingerprint density at radius 1 is 1.18 bits per heavy atom. The van der Waals surface area contributed by atoms with Gasteiger partial charge in [0.05, 0.1) is 0 Å². The van der Waals surface area contributed by atoms with Crippen molar-refractivity contribution < 1.29 is 13.2 Å². The van der Waals surface area contributed by atoms with E-state index in [1.54, 1.807) is 0 Å². The second-order valence-corrected chi connectivity index (χ2v) is 7.21. The molecule has 0 radical (unpaired) electrons. The number of nitrogens with two attached hydrogens (primary N) is 1. The number of nitrogens with zero attached hydrogens (tertiary/aromatic N) is 2. The molecular formula is C9H17N3O3S2. The Morgan fingerprint density at radius 3 is 2.12 bits per heavy atom. The molecule has 2 fully saturated rings. The Labute approximate surface area is 107 Å². The fourth-order valence-electron chi connectivity index (χ4n) is 2.14. The van der Waals surface area contributed by atoms with Gasteiger partial charge in [-0.1, -0.05) is 0 Å². The summed E-state index contributed by atoms with van der Waals surface area (Å²) in [6.45, 7) is 1.70. The van der Waals surface area contributed by atoms with Gasteiger partial charge in [-0.3, -0.25) is 4.79 Å². The molecule has 17 heavy (non-hydrogen) atoms. The molecule has 6 nitrogen and oxygen atoms in total. The molecule has 0 aliphatic carbocycles. The predicted octanol–water partition coefficient (Wildman–Crippen LogP) is -0.957. The van der Waals surface area contributed by atoms with Gasteiger partial charge < -0.3 is 5.73 Å². The molecular weight excluding hydrogens is 262 g/mol. The fraction of sp³-hybridized carbons (Fsp3) is 0.889. The van der Waals surface area contributed by atoms with E-state index in [2.05, 4.69) is 12.6 Å². The first-order chi connectivity index (χ1) is 7.91. The van der Waals surface area contributed by atoms with E-state index in [9.17, 15) is 13.2 Å². The average molecular weight is 279 g/mol. The molecule has 0 aromatic heterocycles. The molecule has 0 unspecified atom stereocenters. The normalized spacial score (nSPS) is 25.7. The van der Waals surface area contributed by atoms with Crippen LogP contribution in [0, 0.1) is 5.92 Å². The lowest BCUT2D eigenvalue weighted by atomic mass is 9.98. The van der Waals surface area contributed by atoms with Gasteiger partial charge in [-0.05, 0) is 12.8 Å². The van der Waals surface area contributed by atoms with Crippen molar-refractivity contribution in [2.75, 3.05) is 26.2 Å². The molecule has 0 saturated carbocycles. The van der Waals surface area contributed by atoms with Gasteiger partial charge in [-0.15, -0.1) is 0 Å². The highest BCUT2D eigenvalue weighted by molar-refractivity contribution is 7.87. The van der Waals surface area contributed by atoms with E-state index < -0.39 is 10.2 Å². The van der Waals surface area contributed by atoms with Crippen LogP contribution in [0.3, 0.4) is 0 Å². The lowest BCUT2D eigenvalue weighted by Gasteiger charge is -2.40. The SMILES string of the molecule is NC(=O)C1CCN(S(=O)(=O)N2CC(S)C2)CC1. The zero-order valence-electron chi connectivity index (χ0n) is 9.45. The first-order valence-electron chi connectivity index (χ1n) is 5.64. The summed E-state index contributed by atoms with van der Waals surface area (Å²) in [7, 11) is -3.34. The second-order valence-electron chi connectivity index (χ2n) is 4.55. The minimum Gasteiger partial charge on any atom is -0.369 e. The smallest absolute Gasteiger partial charge is 0.282 e. The Kier molecular flexibility index (Phi) is 3.67. The molecule has 1 amide bonds. The van der Waals surface area contributed by atoms with E-state index in [1.165, 1.54) is 8.61 Å². The molecule has 2 saturated heterocycles. The van der Waals surface area contributed by atoms with Crippen molar-refractivity contribution in [1.82, 2.24) is 8.61 Å². The Hall–Kier alpha value is -0.310. The zero-order chi connectivity index (χ0) is 12.6. The molecule has 2 heterocycles. The number of primary amides is 1. The van der Waals surface area contributed by atoms with Crippen LogP contribution in [0.15, 0.2) is 0 Å². The molecule has 98 valence electrons. The third kappa shape index (κ3) is 2.59. The van der Waals surface area contributed by atoms with Gasteiger partial charge in [0.15, 0.2) is 0 Å². The molecule has 0 aromatic rings. The van der Waals surface area contributed by atoms with E-state index in [0.29, 0.717) is 39.0 Å². The van der Waals surface area contributed by atoms with Crippen molar-refractivity contribution in [3.8, 4) is 0 Å². The van der Waals surface area contributed by atoms with Crippen LogP contribution in [-0.2, 0) is 15.0 Å². The van der Waals surface area contributed by atoms with E-state index in [-0.39, 0.29) is 17.1 Å². The van der Waals surface area contributed by atoms with Gasteiger partial charge in [0.2, 0.25) is 5.91 Å². The maximum Gasteiger partial charge on any atom is 0.282 e. The average Bonchev–Trinajstić information content (AvgIpc) is 2.25. The van der Waals surface area contributed by atoms with Crippen molar-refractivity contribution in [3.63, 3.8) is 0 Å². The van der Waals surface area contributed by atoms with Crippen LogP contribution in [-0.4, -0.2) is 54.4 Å². The number of rotatable bonds is 3. The molecule has 0 spiro atoms. The predicted molar refractivity (Wildman–Crippen MR) is 66.8 cm³/mol. The topological polar surface area (TPSA) is 83.7 Å². The van der Waals surface area contributed by atoms with E-state index in [1.807, 2.05) is 0 Å². The van der Waals surface area contributed by atoms with E-state index in [4.69, 9.17) is 5.73 Å². The van der Waals surface area contributed by atoms with Crippen molar-refractivity contribution in [1.29, 1.82) is 0 Å². The molecule has 2 aliphatic heterocycles. The molecule has 2 rings (SSSR count). The number of piperidine rings is 1. The van der Waals surface area contributed by atoms with Gasteiger partial charge in [-0.25, -0.2) is 0 Å². The summed E-state index contributed by atoms with van der Waals surface area (Å²) in [4.78, 5) is 11.0. The molecule has 0 aromatic carbocycles. The van der Waals surface area contributed by atoms with E-state index >= 15 is 0 Å². The lowest BCUT2D eigenvalue weighted by molar-refractivity contribution is -0.122. The number of thiol groups is 1. The van der Waals surface area contributed by atoms with Gasteiger partial charge in [-0.2, -0.15) is 29.7 Å². The van der Waals surface area contributed by atoms with Crippen LogP contribution in [0.25, 0.3) is 0 Å². The van der Waals surface area contributed by atoms with E-state index in [0.717, 1.165) is 0 Å². The summed E-state index contributed by atoms with van der Waals surface area (Å²) < 4.78 is 27.0.